The Kier molecular flexibility index (Phi) is 6.36. The van der Waals surface area contributed by atoms with Crippen molar-refractivity contribution in [2.75, 3.05) is 6.61 Å². The van der Waals surface area contributed by atoms with Crippen LogP contribution in [0.2, 0.25) is 0 Å². The number of aromatic nitrogens is 5. The lowest BCUT2D eigenvalue weighted by atomic mass is 9.96. The van der Waals surface area contributed by atoms with E-state index in [-0.39, 0.29) is 12.4 Å². The van der Waals surface area contributed by atoms with Gasteiger partial charge < -0.3 is 9.84 Å². The summed E-state index contributed by atoms with van der Waals surface area (Å²) in [4.78, 5) is 20.5. The summed E-state index contributed by atoms with van der Waals surface area (Å²) in [7, 11) is 0. The van der Waals surface area contributed by atoms with Crippen LogP contribution in [0.1, 0.15) is 5.69 Å². The van der Waals surface area contributed by atoms with Gasteiger partial charge in [-0.2, -0.15) is 28.6 Å². The molecule has 0 saturated carbocycles. The number of halogens is 3. The number of aliphatic hydroxyl groups is 1. The van der Waals surface area contributed by atoms with Crippen molar-refractivity contribution in [1.29, 1.82) is 0 Å². The molecule has 0 radical (unpaired) electrons. The summed E-state index contributed by atoms with van der Waals surface area (Å²) < 4.78 is 42.1. The Labute approximate surface area is 207 Å². The number of alkyl halides is 3. The summed E-state index contributed by atoms with van der Waals surface area (Å²) in [5.74, 6) is -2.52. The molecule has 0 aliphatic carbocycles. The first-order valence-electron chi connectivity index (χ1n) is 11.1. The molecule has 0 bridgehead atoms. The van der Waals surface area contributed by atoms with Crippen LogP contribution in [0.25, 0.3) is 44.7 Å². The van der Waals surface area contributed by atoms with E-state index in [1.807, 2.05) is 36.4 Å². The zero-order valence-corrected chi connectivity index (χ0v) is 19.0. The Balaban J connectivity index is 1.64. The predicted octanol–water partition coefficient (Wildman–Crippen LogP) is 4.75. The maximum Gasteiger partial charge on any atom is 0.491 e. The van der Waals surface area contributed by atoms with Crippen molar-refractivity contribution >= 4 is 16.9 Å². The number of aromatic amines is 1. The summed E-state index contributed by atoms with van der Waals surface area (Å²) in [6.45, 7) is -0.101. The quantitative estimate of drug-likeness (QED) is 0.253. The molecule has 186 valence electrons. The molecule has 0 fully saturated rings. The molecule has 3 heterocycles. The number of pyridine rings is 2. The molecular formula is C26H18F3N5O3. The number of nitrogens with zero attached hydrogens (tertiary/aromatic N) is 4. The number of esters is 1. The molecule has 0 amide bonds. The van der Waals surface area contributed by atoms with Gasteiger partial charge in [0.25, 0.3) is 0 Å². The molecule has 11 heteroatoms. The number of carbonyl (C=O) groups excluding carboxylic acids is 1. The van der Waals surface area contributed by atoms with Gasteiger partial charge in [-0.05, 0) is 42.0 Å². The zero-order chi connectivity index (χ0) is 26.0. The maximum atomic E-state index is 12.6. The number of aliphatic hydroxyl groups excluding tert-OH is 1. The molecule has 5 rings (SSSR count). The zero-order valence-electron chi connectivity index (χ0n) is 19.0. The minimum Gasteiger partial charge on any atom is -0.420 e. The Morgan fingerprint density at radius 1 is 0.919 bits per heavy atom. The highest BCUT2D eigenvalue weighted by Gasteiger charge is 2.41. The van der Waals surface area contributed by atoms with Crippen LogP contribution in [0, 0.1) is 0 Å². The first-order chi connectivity index (χ1) is 17.8. The number of hydrogen-bond donors (Lipinski definition) is 2. The molecule has 37 heavy (non-hydrogen) atoms. The molecule has 0 aliphatic heterocycles. The number of fused-ring (bicyclic) bond motifs is 1. The van der Waals surface area contributed by atoms with Crippen LogP contribution < -0.4 is 4.74 Å². The largest absolute Gasteiger partial charge is 0.491 e. The number of nitrogens with one attached hydrogen (secondary N) is 1. The van der Waals surface area contributed by atoms with Crippen molar-refractivity contribution in [3.05, 3.63) is 78.6 Å². The van der Waals surface area contributed by atoms with Gasteiger partial charge in [0.15, 0.2) is 0 Å². The van der Waals surface area contributed by atoms with E-state index in [4.69, 9.17) is 4.98 Å². The summed E-state index contributed by atoms with van der Waals surface area (Å²) >= 11 is 0. The van der Waals surface area contributed by atoms with Gasteiger partial charge in [-0.3, -0.25) is 4.98 Å². The number of benzene rings is 2. The maximum absolute atomic E-state index is 12.6. The summed E-state index contributed by atoms with van der Waals surface area (Å²) in [5.41, 5.74) is 4.99. The number of rotatable bonds is 6. The highest BCUT2D eigenvalue weighted by atomic mass is 19.4. The minimum atomic E-state index is -5.09. The van der Waals surface area contributed by atoms with Crippen molar-refractivity contribution in [3.8, 4) is 39.5 Å². The monoisotopic (exact) mass is 505 g/mol. The van der Waals surface area contributed by atoms with E-state index in [1.54, 1.807) is 24.4 Å². The van der Waals surface area contributed by atoms with Crippen LogP contribution in [-0.2, 0) is 11.2 Å². The minimum absolute atomic E-state index is 0.101. The van der Waals surface area contributed by atoms with Gasteiger partial charge in [0.05, 0.1) is 16.9 Å². The number of carbonyl (C=O) groups is 1. The molecule has 2 aromatic carbocycles. The van der Waals surface area contributed by atoms with Crippen molar-refractivity contribution in [1.82, 2.24) is 25.4 Å². The lowest BCUT2D eigenvalue weighted by molar-refractivity contribution is -0.189. The third-order valence-electron chi connectivity index (χ3n) is 5.59. The van der Waals surface area contributed by atoms with Crippen LogP contribution in [0.15, 0.2) is 72.9 Å². The third kappa shape index (κ3) is 4.89. The second-order valence-corrected chi connectivity index (χ2v) is 7.98. The van der Waals surface area contributed by atoms with E-state index >= 15 is 0 Å². The third-order valence-corrected chi connectivity index (χ3v) is 5.59. The van der Waals surface area contributed by atoms with Crippen LogP contribution in [0.3, 0.4) is 0 Å². The van der Waals surface area contributed by atoms with Gasteiger partial charge in [0.1, 0.15) is 17.1 Å². The molecule has 2 N–H and O–H groups in total. The number of ether oxygens (including phenoxy) is 1. The fraction of sp³-hybridized carbons (Fsp3) is 0.115. The standard InChI is InChI=1S/C26H18F3N5O3/c27-26(28,29)25(36)37-17-8-6-16(7-9-17)22-18(15-4-2-1-3-5-15)14-19-20(31-22)10-12-30-23(19)24-21(11-13-35)32-34-33-24/h1-10,12,14,35H,11,13H2,(H,32,33,34). The molecule has 0 unspecified atom stereocenters. The molecule has 3 aromatic heterocycles. The van der Waals surface area contributed by atoms with Gasteiger partial charge >= 0.3 is 12.1 Å². The van der Waals surface area contributed by atoms with Gasteiger partial charge in [-0.1, -0.05) is 30.3 Å². The first kappa shape index (κ1) is 24.1. The van der Waals surface area contributed by atoms with Crippen LogP contribution in [-0.4, -0.2) is 49.2 Å². The lowest BCUT2D eigenvalue weighted by Gasteiger charge is -2.14. The van der Waals surface area contributed by atoms with E-state index < -0.39 is 12.1 Å². The predicted molar refractivity (Wildman–Crippen MR) is 128 cm³/mol. The molecule has 0 aliphatic rings. The highest BCUT2D eigenvalue weighted by Crippen LogP contribution is 2.37. The van der Waals surface area contributed by atoms with Gasteiger partial charge in [0, 0.05) is 35.7 Å². The van der Waals surface area contributed by atoms with Crippen LogP contribution in [0.4, 0.5) is 13.2 Å². The van der Waals surface area contributed by atoms with Gasteiger partial charge in [-0.15, -0.1) is 0 Å². The first-order valence-corrected chi connectivity index (χ1v) is 11.1. The van der Waals surface area contributed by atoms with Gasteiger partial charge in [0.2, 0.25) is 0 Å². The normalized spacial score (nSPS) is 11.6. The molecule has 0 spiro atoms. The second kappa shape index (κ2) is 9.78. The van der Waals surface area contributed by atoms with E-state index in [9.17, 15) is 23.1 Å². The fourth-order valence-electron chi connectivity index (χ4n) is 3.91. The second-order valence-electron chi connectivity index (χ2n) is 7.98. The van der Waals surface area contributed by atoms with Crippen LogP contribution >= 0.6 is 0 Å². The molecule has 8 nitrogen and oxygen atoms in total. The molecule has 5 aromatic rings. The number of hydrogen-bond acceptors (Lipinski definition) is 7. The highest BCUT2D eigenvalue weighted by molar-refractivity contribution is 5.98. The Morgan fingerprint density at radius 2 is 1.68 bits per heavy atom. The Bertz CT molecular complexity index is 1570. The summed E-state index contributed by atoms with van der Waals surface area (Å²) in [6.07, 6.45) is -3.20. The van der Waals surface area contributed by atoms with Crippen LogP contribution in [0.5, 0.6) is 5.75 Å². The van der Waals surface area contributed by atoms with E-state index in [2.05, 4.69) is 25.1 Å². The molecular weight excluding hydrogens is 487 g/mol. The van der Waals surface area contributed by atoms with E-state index in [0.717, 1.165) is 11.1 Å². The van der Waals surface area contributed by atoms with E-state index in [0.29, 0.717) is 45.7 Å². The van der Waals surface area contributed by atoms with Crippen molar-refractivity contribution in [3.63, 3.8) is 0 Å². The Hall–Kier alpha value is -4.64. The summed E-state index contributed by atoms with van der Waals surface area (Å²) in [6, 6.07) is 18.8. The number of H-pyrrole nitrogens is 1. The van der Waals surface area contributed by atoms with Crippen molar-refractivity contribution in [2.24, 2.45) is 0 Å². The Morgan fingerprint density at radius 3 is 2.38 bits per heavy atom. The SMILES string of the molecule is O=C(Oc1ccc(-c2nc3ccnc(-c4n[nH]nc4CCO)c3cc2-c2ccccc2)cc1)C(F)(F)F. The molecule has 0 atom stereocenters. The lowest BCUT2D eigenvalue weighted by Crippen LogP contribution is -2.27. The van der Waals surface area contributed by atoms with Gasteiger partial charge in [-0.25, -0.2) is 9.78 Å². The smallest absolute Gasteiger partial charge is 0.420 e. The van der Waals surface area contributed by atoms with E-state index in [1.165, 1.54) is 12.1 Å². The average molecular weight is 505 g/mol. The fourth-order valence-corrected chi connectivity index (χ4v) is 3.91. The van der Waals surface area contributed by atoms with Crippen molar-refractivity contribution < 1.29 is 27.8 Å². The van der Waals surface area contributed by atoms with Crippen molar-refractivity contribution in [2.45, 2.75) is 12.6 Å². The molecule has 0 saturated heterocycles. The average Bonchev–Trinajstić information content (AvgIpc) is 3.36. The topological polar surface area (TPSA) is 114 Å². The summed E-state index contributed by atoms with van der Waals surface area (Å²) in [5, 5.41) is 21.0.